The molecule has 3 heterocycles. The van der Waals surface area contributed by atoms with Crippen molar-refractivity contribution in [2.75, 3.05) is 17.7 Å². The fourth-order valence-corrected chi connectivity index (χ4v) is 2.92. The maximum absolute atomic E-state index is 13.0. The van der Waals surface area contributed by atoms with Crippen molar-refractivity contribution in [1.29, 1.82) is 0 Å². The monoisotopic (exact) mass is 429 g/mol. The van der Waals surface area contributed by atoms with Gasteiger partial charge in [-0.15, -0.1) is 10.2 Å². The molecule has 156 valence electrons. The van der Waals surface area contributed by atoms with Crippen molar-refractivity contribution in [3.8, 4) is 0 Å². The van der Waals surface area contributed by atoms with E-state index in [-0.39, 0.29) is 16.9 Å². The van der Waals surface area contributed by atoms with Crippen LogP contribution in [-0.2, 0) is 18.3 Å². The first-order chi connectivity index (χ1) is 13.6. The van der Waals surface area contributed by atoms with E-state index in [4.69, 9.17) is 11.6 Å². The van der Waals surface area contributed by atoms with E-state index in [1.54, 1.807) is 17.2 Å². The number of rotatable bonds is 6. The third kappa shape index (κ3) is 3.97. The molecule has 0 aliphatic heterocycles. The van der Waals surface area contributed by atoms with Crippen molar-refractivity contribution >= 4 is 29.1 Å². The molecule has 29 heavy (non-hydrogen) atoms. The third-order valence-electron chi connectivity index (χ3n) is 4.32. The van der Waals surface area contributed by atoms with E-state index in [0.717, 1.165) is 0 Å². The van der Waals surface area contributed by atoms with Crippen molar-refractivity contribution in [3.63, 3.8) is 0 Å². The number of alkyl halides is 3. The molecular weight excluding hydrogens is 411 g/mol. The molecule has 0 bridgehead atoms. The molecule has 0 amide bonds. The number of nitrogens with one attached hydrogen (secondary N) is 2. The highest BCUT2D eigenvalue weighted by Crippen LogP contribution is 2.34. The van der Waals surface area contributed by atoms with Gasteiger partial charge in [-0.1, -0.05) is 11.6 Å². The molecule has 3 aromatic rings. The van der Waals surface area contributed by atoms with Crippen molar-refractivity contribution < 1.29 is 13.2 Å². The molecule has 3 rings (SSSR count). The number of aromatic nitrogens is 7. The van der Waals surface area contributed by atoms with Crippen molar-refractivity contribution in [3.05, 3.63) is 35.3 Å². The topological polar surface area (TPSA) is 98.4 Å². The second kappa shape index (κ2) is 7.50. The summed E-state index contributed by atoms with van der Waals surface area (Å²) >= 11 is 6.23. The third-order valence-corrected chi connectivity index (χ3v) is 4.60. The second-order valence-corrected chi connectivity index (χ2v) is 6.96. The summed E-state index contributed by atoms with van der Waals surface area (Å²) in [4.78, 5) is 7.60. The molecule has 0 saturated heterocycles. The van der Waals surface area contributed by atoms with E-state index in [1.165, 1.54) is 7.05 Å². The molecule has 0 aliphatic rings. The minimum absolute atomic E-state index is 0.0571. The van der Waals surface area contributed by atoms with E-state index < -0.39 is 17.3 Å². The molecule has 3 aromatic heterocycles. The maximum atomic E-state index is 13.0. The molecule has 0 spiro atoms. The lowest BCUT2D eigenvalue weighted by Gasteiger charge is -2.24. The summed E-state index contributed by atoms with van der Waals surface area (Å²) in [6, 6.07) is 0. The van der Waals surface area contributed by atoms with Gasteiger partial charge in [-0.2, -0.15) is 23.3 Å². The molecule has 0 aliphatic carbocycles. The van der Waals surface area contributed by atoms with Gasteiger partial charge in [-0.25, -0.2) is 4.98 Å². The lowest BCUT2D eigenvalue weighted by atomic mass is 10.1. The Labute approximate surface area is 169 Å². The Bertz CT molecular complexity index is 1010. The van der Waals surface area contributed by atoms with E-state index in [2.05, 4.69) is 35.9 Å². The normalized spacial score (nSPS) is 12.3. The Hall–Kier alpha value is -2.89. The number of anilines is 3. The van der Waals surface area contributed by atoms with Gasteiger partial charge in [0, 0.05) is 19.8 Å². The van der Waals surface area contributed by atoms with Crippen LogP contribution in [0, 0.1) is 0 Å². The van der Waals surface area contributed by atoms with Crippen molar-refractivity contribution in [1.82, 2.24) is 34.5 Å². The Balaban J connectivity index is 1.92. The van der Waals surface area contributed by atoms with E-state index in [1.807, 2.05) is 25.3 Å². The van der Waals surface area contributed by atoms with Gasteiger partial charge in [0.25, 0.3) is 0 Å². The number of halogens is 4. The largest absolute Gasteiger partial charge is 0.421 e. The summed E-state index contributed by atoms with van der Waals surface area (Å²) in [6.45, 7) is 6.43. The molecule has 0 atom stereocenters. The first-order valence-electron chi connectivity index (χ1n) is 8.60. The molecule has 0 unspecified atom stereocenters. The SMILES string of the molecule is CCn1cnnc1C(C)(C)n1cc(Nc2ncc(C(F)(F)F)c(NC)n2)c(Cl)n1. The summed E-state index contributed by atoms with van der Waals surface area (Å²) in [5, 5.41) is 17.7. The number of hydrogen-bond donors (Lipinski definition) is 2. The minimum Gasteiger partial charge on any atom is -0.372 e. The van der Waals surface area contributed by atoms with E-state index in [0.29, 0.717) is 24.3 Å². The fourth-order valence-electron chi connectivity index (χ4n) is 2.75. The smallest absolute Gasteiger partial charge is 0.372 e. The van der Waals surface area contributed by atoms with Crippen LogP contribution in [0.2, 0.25) is 5.15 Å². The maximum Gasteiger partial charge on any atom is 0.421 e. The Morgan fingerprint density at radius 2 is 1.97 bits per heavy atom. The molecule has 0 saturated carbocycles. The Morgan fingerprint density at radius 3 is 2.59 bits per heavy atom. The zero-order valence-electron chi connectivity index (χ0n) is 16.1. The predicted molar refractivity (Wildman–Crippen MR) is 101 cm³/mol. The van der Waals surface area contributed by atoms with Gasteiger partial charge in [0.15, 0.2) is 11.0 Å². The summed E-state index contributed by atoms with van der Waals surface area (Å²) < 4.78 is 42.5. The van der Waals surface area contributed by atoms with Gasteiger partial charge in [-0.3, -0.25) is 4.68 Å². The zero-order chi connectivity index (χ0) is 21.4. The zero-order valence-corrected chi connectivity index (χ0v) is 16.8. The van der Waals surface area contributed by atoms with Gasteiger partial charge in [0.05, 0.1) is 11.9 Å². The Morgan fingerprint density at radius 1 is 1.24 bits per heavy atom. The molecule has 9 nitrogen and oxygen atoms in total. The molecule has 2 N–H and O–H groups in total. The highest BCUT2D eigenvalue weighted by molar-refractivity contribution is 6.32. The van der Waals surface area contributed by atoms with Crippen LogP contribution in [0.5, 0.6) is 0 Å². The summed E-state index contributed by atoms with van der Waals surface area (Å²) in [6.07, 6.45) is -0.639. The van der Waals surface area contributed by atoms with Crippen LogP contribution in [-0.4, -0.2) is 41.6 Å². The number of nitrogens with zero attached hydrogens (tertiary/aromatic N) is 7. The quantitative estimate of drug-likeness (QED) is 0.618. The van der Waals surface area contributed by atoms with Crippen molar-refractivity contribution in [2.24, 2.45) is 0 Å². The predicted octanol–water partition coefficient (Wildman–Crippen LogP) is 3.53. The molecule has 13 heteroatoms. The standard InChI is InChI=1S/C16H19ClF3N9/c1-5-28-8-23-26-13(28)15(2,3)29-7-10(11(17)27-29)24-14-22-6-9(16(18,19)20)12(21-4)25-14/h6-8H,5H2,1-4H3,(H2,21,22,24,25). The fraction of sp³-hybridized carbons (Fsp3) is 0.438. The van der Waals surface area contributed by atoms with Gasteiger partial charge < -0.3 is 15.2 Å². The molecule has 0 aromatic carbocycles. The lowest BCUT2D eigenvalue weighted by Crippen LogP contribution is -2.32. The average molecular weight is 430 g/mol. The number of aryl methyl sites for hydroxylation is 1. The summed E-state index contributed by atoms with van der Waals surface area (Å²) in [7, 11) is 1.35. The first-order valence-corrected chi connectivity index (χ1v) is 8.98. The highest BCUT2D eigenvalue weighted by Gasteiger charge is 2.35. The van der Waals surface area contributed by atoms with Crippen LogP contribution in [0.1, 0.15) is 32.2 Å². The van der Waals surface area contributed by atoms with Gasteiger partial charge in [0.2, 0.25) is 5.95 Å². The lowest BCUT2D eigenvalue weighted by molar-refractivity contribution is -0.137. The summed E-state index contributed by atoms with van der Waals surface area (Å²) in [5.41, 5.74) is -1.32. The second-order valence-electron chi connectivity index (χ2n) is 6.61. The molecule has 0 radical (unpaired) electrons. The van der Waals surface area contributed by atoms with Crippen LogP contribution >= 0.6 is 11.6 Å². The van der Waals surface area contributed by atoms with E-state index >= 15 is 0 Å². The van der Waals surface area contributed by atoms with Crippen molar-refractivity contribution in [2.45, 2.75) is 39.0 Å². The molecular formula is C16H19ClF3N9. The molecule has 0 fully saturated rings. The highest BCUT2D eigenvalue weighted by atomic mass is 35.5. The van der Waals surface area contributed by atoms with Gasteiger partial charge in [0.1, 0.15) is 23.2 Å². The van der Waals surface area contributed by atoms with Crippen LogP contribution in [0.3, 0.4) is 0 Å². The van der Waals surface area contributed by atoms with Crippen LogP contribution in [0.4, 0.5) is 30.6 Å². The van der Waals surface area contributed by atoms with E-state index in [9.17, 15) is 13.2 Å². The summed E-state index contributed by atoms with van der Waals surface area (Å²) in [5.74, 6) is 0.266. The minimum atomic E-state index is -4.57. The number of hydrogen-bond acceptors (Lipinski definition) is 7. The van der Waals surface area contributed by atoms with Gasteiger partial charge in [-0.05, 0) is 20.8 Å². The van der Waals surface area contributed by atoms with Gasteiger partial charge >= 0.3 is 6.18 Å². The average Bonchev–Trinajstić information content (AvgIpc) is 3.28. The van der Waals surface area contributed by atoms with Crippen LogP contribution in [0.25, 0.3) is 0 Å². The van der Waals surface area contributed by atoms with Crippen LogP contribution in [0.15, 0.2) is 18.7 Å². The Kier molecular flexibility index (Phi) is 5.39. The first kappa shape index (κ1) is 20.8. The van der Waals surface area contributed by atoms with Crippen LogP contribution < -0.4 is 10.6 Å².